The third kappa shape index (κ3) is 5.95. The molecule has 0 unspecified atom stereocenters. The van der Waals surface area contributed by atoms with Gasteiger partial charge in [-0.3, -0.25) is 9.89 Å². The molecule has 2 N–H and O–H groups in total. The summed E-state index contributed by atoms with van der Waals surface area (Å²) in [6.45, 7) is 8.73. The van der Waals surface area contributed by atoms with Crippen LogP contribution in [0.2, 0.25) is 0 Å². The Morgan fingerprint density at radius 3 is 2.61 bits per heavy atom. The highest BCUT2D eigenvalue weighted by Crippen LogP contribution is 2.18. The Morgan fingerprint density at radius 1 is 1.22 bits per heavy atom. The van der Waals surface area contributed by atoms with Crippen LogP contribution in [0.25, 0.3) is 0 Å². The molecule has 0 radical (unpaired) electrons. The lowest BCUT2D eigenvalue weighted by Gasteiger charge is -2.32. The summed E-state index contributed by atoms with van der Waals surface area (Å²) in [6, 6.07) is 8.94. The fraction of sp³-hybridized carbons (Fsp3) is 0.611. The number of hydrogen-bond donors (Lipinski definition) is 2. The third-order valence-corrected chi connectivity index (χ3v) is 4.69. The van der Waals surface area contributed by atoms with Gasteiger partial charge in [-0.05, 0) is 50.8 Å². The lowest BCUT2D eigenvalue weighted by Crippen LogP contribution is -2.44. The highest BCUT2D eigenvalue weighted by molar-refractivity contribution is 14.0. The molecule has 0 aromatic heterocycles. The number of aliphatic imine (C=N–C) groups is 1. The molecule has 5 heteroatoms. The number of nitrogens with one attached hydrogen (secondary N) is 2. The van der Waals surface area contributed by atoms with Gasteiger partial charge in [0.15, 0.2) is 5.96 Å². The van der Waals surface area contributed by atoms with Crippen molar-refractivity contribution in [3.05, 3.63) is 35.4 Å². The Morgan fingerprint density at radius 2 is 1.96 bits per heavy atom. The molecule has 2 aliphatic heterocycles. The quantitative estimate of drug-likeness (QED) is 0.725. The van der Waals surface area contributed by atoms with Gasteiger partial charge in [0.1, 0.15) is 0 Å². The van der Waals surface area contributed by atoms with Crippen molar-refractivity contribution in [3.63, 3.8) is 0 Å². The minimum atomic E-state index is 0. The van der Waals surface area contributed by atoms with Gasteiger partial charge in [0.2, 0.25) is 0 Å². The van der Waals surface area contributed by atoms with Crippen LogP contribution in [-0.2, 0) is 6.54 Å². The summed E-state index contributed by atoms with van der Waals surface area (Å²) < 4.78 is 0. The van der Waals surface area contributed by atoms with E-state index in [1.54, 1.807) is 0 Å². The molecular formula is C18H29IN4. The van der Waals surface area contributed by atoms with E-state index in [0.29, 0.717) is 0 Å². The molecule has 0 saturated carbocycles. The summed E-state index contributed by atoms with van der Waals surface area (Å²) in [5, 5.41) is 6.82. The van der Waals surface area contributed by atoms with Crippen LogP contribution in [0.3, 0.4) is 0 Å². The second-order valence-electron chi connectivity index (χ2n) is 6.60. The summed E-state index contributed by atoms with van der Waals surface area (Å²) in [5.74, 6) is 1.79. The monoisotopic (exact) mass is 428 g/mol. The van der Waals surface area contributed by atoms with Crippen LogP contribution < -0.4 is 10.6 Å². The molecule has 2 heterocycles. The third-order valence-electron chi connectivity index (χ3n) is 4.69. The maximum Gasteiger partial charge on any atom is 0.191 e. The maximum absolute atomic E-state index is 4.48. The summed E-state index contributed by atoms with van der Waals surface area (Å²) in [4.78, 5) is 7.06. The average Bonchev–Trinajstić information content (AvgIpc) is 2.57. The first kappa shape index (κ1) is 18.5. The average molecular weight is 428 g/mol. The SMILES string of the molecule is Cc1ccc(CN2CCC(CNC3=NCCCN3)CC2)cc1.I. The molecule has 1 saturated heterocycles. The molecule has 1 fully saturated rings. The normalized spacial score (nSPS) is 19.4. The number of nitrogens with zero attached hydrogens (tertiary/aromatic N) is 2. The topological polar surface area (TPSA) is 39.7 Å². The number of guanidine groups is 1. The molecule has 0 amide bonds. The number of piperidine rings is 1. The summed E-state index contributed by atoms with van der Waals surface area (Å²) in [5.41, 5.74) is 2.77. The second kappa shape index (κ2) is 9.47. The van der Waals surface area contributed by atoms with Gasteiger partial charge in [0.25, 0.3) is 0 Å². The molecule has 0 atom stereocenters. The molecule has 1 aromatic carbocycles. The molecular weight excluding hydrogens is 399 g/mol. The first-order valence-electron chi connectivity index (χ1n) is 8.60. The van der Waals surface area contributed by atoms with Crippen molar-refractivity contribution in [1.82, 2.24) is 15.5 Å². The molecule has 4 nitrogen and oxygen atoms in total. The van der Waals surface area contributed by atoms with Gasteiger partial charge >= 0.3 is 0 Å². The van der Waals surface area contributed by atoms with E-state index in [4.69, 9.17) is 0 Å². The van der Waals surface area contributed by atoms with Crippen molar-refractivity contribution in [2.45, 2.75) is 32.7 Å². The lowest BCUT2D eigenvalue weighted by atomic mass is 9.96. The number of rotatable bonds is 4. The number of aryl methyl sites for hydroxylation is 1. The van der Waals surface area contributed by atoms with Crippen molar-refractivity contribution < 1.29 is 0 Å². The van der Waals surface area contributed by atoms with Gasteiger partial charge in [-0.1, -0.05) is 29.8 Å². The minimum Gasteiger partial charge on any atom is -0.356 e. The van der Waals surface area contributed by atoms with E-state index in [9.17, 15) is 0 Å². The van der Waals surface area contributed by atoms with E-state index in [-0.39, 0.29) is 24.0 Å². The number of hydrogen-bond acceptors (Lipinski definition) is 4. The van der Waals surface area contributed by atoms with Crippen molar-refractivity contribution in [3.8, 4) is 0 Å². The zero-order valence-electron chi connectivity index (χ0n) is 14.1. The van der Waals surface area contributed by atoms with E-state index >= 15 is 0 Å². The van der Waals surface area contributed by atoms with Gasteiger partial charge < -0.3 is 10.6 Å². The molecule has 128 valence electrons. The van der Waals surface area contributed by atoms with Gasteiger partial charge in [-0.2, -0.15) is 0 Å². The first-order valence-corrected chi connectivity index (χ1v) is 8.60. The smallest absolute Gasteiger partial charge is 0.191 e. The van der Waals surface area contributed by atoms with Gasteiger partial charge in [0.05, 0.1) is 0 Å². The molecule has 2 aliphatic rings. The van der Waals surface area contributed by atoms with Crippen LogP contribution in [0, 0.1) is 12.8 Å². The molecule has 0 aliphatic carbocycles. The summed E-state index contributed by atoms with van der Waals surface area (Å²) in [7, 11) is 0. The Hall–Kier alpha value is -0.820. The van der Waals surface area contributed by atoms with Crippen LogP contribution in [0.4, 0.5) is 0 Å². The highest BCUT2D eigenvalue weighted by atomic mass is 127. The van der Waals surface area contributed by atoms with E-state index in [0.717, 1.165) is 44.5 Å². The number of likely N-dealkylation sites (tertiary alicyclic amines) is 1. The highest BCUT2D eigenvalue weighted by Gasteiger charge is 2.19. The van der Waals surface area contributed by atoms with Gasteiger partial charge in [-0.15, -0.1) is 24.0 Å². The van der Waals surface area contributed by atoms with E-state index in [2.05, 4.69) is 51.7 Å². The van der Waals surface area contributed by atoms with Crippen LogP contribution >= 0.6 is 24.0 Å². The van der Waals surface area contributed by atoms with Crippen LogP contribution in [-0.4, -0.2) is 43.6 Å². The minimum absolute atomic E-state index is 0. The Balaban J connectivity index is 0.00000192. The van der Waals surface area contributed by atoms with Crippen LogP contribution in [0.15, 0.2) is 29.3 Å². The fourth-order valence-corrected chi connectivity index (χ4v) is 3.19. The van der Waals surface area contributed by atoms with Crippen molar-refractivity contribution in [1.29, 1.82) is 0 Å². The molecule has 3 rings (SSSR count). The zero-order valence-corrected chi connectivity index (χ0v) is 16.4. The van der Waals surface area contributed by atoms with Crippen molar-refractivity contribution >= 4 is 29.9 Å². The predicted molar refractivity (Wildman–Crippen MR) is 108 cm³/mol. The van der Waals surface area contributed by atoms with Crippen LogP contribution in [0.1, 0.15) is 30.4 Å². The molecule has 0 spiro atoms. The van der Waals surface area contributed by atoms with Crippen molar-refractivity contribution in [2.24, 2.45) is 10.9 Å². The van der Waals surface area contributed by atoms with Crippen LogP contribution in [0.5, 0.6) is 0 Å². The largest absolute Gasteiger partial charge is 0.356 e. The van der Waals surface area contributed by atoms with Gasteiger partial charge in [0, 0.05) is 26.2 Å². The molecule has 1 aromatic rings. The Kier molecular flexibility index (Phi) is 7.62. The summed E-state index contributed by atoms with van der Waals surface area (Å²) >= 11 is 0. The summed E-state index contributed by atoms with van der Waals surface area (Å²) in [6.07, 6.45) is 3.72. The fourth-order valence-electron chi connectivity index (χ4n) is 3.19. The maximum atomic E-state index is 4.48. The van der Waals surface area contributed by atoms with E-state index < -0.39 is 0 Å². The molecule has 0 bridgehead atoms. The van der Waals surface area contributed by atoms with Gasteiger partial charge in [-0.25, -0.2) is 0 Å². The van der Waals surface area contributed by atoms with Crippen molar-refractivity contribution in [2.75, 3.05) is 32.7 Å². The number of halogens is 1. The Labute approximate surface area is 157 Å². The zero-order chi connectivity index (χ0) is 15.2. The molecule has 23 heavy (non-hydrogen) atoms. The number of benzene rings is 1. The lowest BCUT2D eigenvalue weighted by molar-refractivity contribution is 0.178. The van der Waals surface area contributed by atoms with E-state index in [1.807, 2.05) is 0 Å². The standard InChI is InChI=1S/C18H28N4.HI/c1-15-3-5-17(6-4-15)14-22-11-7-16(8-12-22)13-21-18-19-9-2-10-20-18;/h3-6,16H,2,7-14H2,1H3,(H2,19,20,21);1H. The predicted octanol–water partition coefficient (Wildman–Crippen LogP) is 2.76. The second-order valence-corrected chi connectivity index (χ2v) is 6.60. The Bertz CT molecular complexity index is 492. The van der Waals surface area contributed by atoms with E-state index in [1.165, 1.54) is 37.1 Å². The first-order chi connectivity index (χ1) is 10.8.